The smallest absolute Gasteiger partial charge is 0.319 e. The van der Waals surface area contributed by atoms with Crippen molar-refractivity contribution >= 4 is 11.8 Å². The summed E-state index contributed by atoms with van der Waals surface area (Å²) in [4.78, 5) is 14.1. The molecule has 0 unspecified atom stereocenters. The van der Waals surface area contributed by atoms with Gasteiger partial charge in [0.1, 0.15) is 5.82 Å². The largest absolute Gasteiger partial charge is 0.323 e. The molecular formula is C17H19FN4O. The number of likely N-dealkylation sites (tertiary alicyclic amines) is 1. The Kier molecular flexibility index (Phi) is 3.98. The number of halogens is 1. The van der Waals surface area contributed by atoms with Crippen molar-refractivity contribution in [3.8, 4) is 11.3 Å². The number of carbonyl (C=O) groups excluding carboxylic acids is 1. The van der Waals surface area contributed by atoms with Crippen molar-refractivity contribution in [1.82, 2.24) is 15.1 Å². The topological polar surface area (TPSA) is 58.1 Å². The van der Waals surface area contributed by atoms with Crippen molar-refractivity contribution in [3.63, 3.8) is 0 Å². The molecule has 0 spiro atoms. The van der Waals surface area contributed by atoms with Gasteiger partial charge in [0.05, 0.1) is 5.69 Å². The highest BCUT2D eigenvalue weighted by molar-refractivity contribution is 5.89. The molecule has 0 atom stereocenters. The number of aromatic nitrogens is 2. The van der Waals surface area contributed by atoms with Crippen LogP contribution in [0.15, 0.2) is 36.4 Å². The predicted molar refractivity (Wildman–Crippen MR) is 86.5 cm³/mol. The maximum atomic E-state index is 13.7. The second-order valence-electron chi connectivity index (χ2n) is 6.28. The van der Waals surface area contributed by atoms with Crippen LogP contribution in [0.2, 0.25) is 0 Å². The summed E-state index contributed by atoms with van der Waals surface area (Å²) in [6.07, 6.45) is 1.98. The first-order valence-corrected chi connectivity index (χ1v) is 7.65. The van der Waals surface area contributed by atoms with Gasteiger partial charge in [-0.2, -0.15) is 0 Å². The second-order valence-corrected chi connectivity index (χ2v) is 6.28. The summed E-state index contributed by atoms with van der Waals surface area (Å²) in [5, 5.41) is 10.7. The minimum absolute atomic E-state index is 0.148. The van der Waals surface area contributed by atoms with Crippen LogP contribution in [-0.4, -0.2) is 33.2 Å². The summed E-state index contributed by atoms with van der Waals surface area (Å²) < 4.78 is 13.7. The Hall–Kier alpha value is -2.50. The van der Waals surface area contributed by atoms with Crippen molar-refractivity contribution in [2.24, 2.45) is 0 Å². The Bertz CT molecular complexity index is 715. The molecule has 6 heteroatoms. The predicted octanol–water partition coefficient (Wildman–Crippen LogP) is 3.69. The van der Waals surface area contributed by atoms with Crippen LogP contribution in [0.4, 0.5) is 15.0 Å². The first kappa shape index (κ1) is 15.4. The molecule has 2 aromatic rings. The van der Waals surface area contributed by atoms with Crippen molar-refractivity contribution in [1.29, 1.82) is 0 Å². The van der Waals surface area contributed by atoms with Gasteiger partial charge in [0.25, 0.3) is 0 Å². The van der Waals surface area contributed by atoms with Gasteiger partial charge in [-0.15, -0.1) is 10.2 Å². The number of urea groups is 1. The van der Waals surface area contributed by atoms with E-state index in [1.54, 1.807) is 35.2 Å². The van der Waals surface area contributed by atoms with E-state index in [1.165, 1.54) is 6.07 Å². The number of nitrogens with zero attached hydrogens (tertiary/aromatic N) is 3. The van der Waals surface area contributed by atoms with Gasteiger partial charge in [-0.25, -0.2) is 9.18 Å². The van der Waals surface area contributed by atoms with Crippen molar-refractivity contribution in [3.05, 3.63) is 42.2 Å². The Balaban J connectivity index is 1.73. The average Bonchev–Trinajstić information content (AvgIpc) is 2.88. The van der Waals surface area contributed by atoms with Crippen molar-refractivity contribution < 1.29 is 9.18 Å². The average molecular weight is 314 g/mol. The zero-order valence-electron chi connectivity index (χ0n) is 13.2. The number of hydrogen-bond donors (Lipinski definition) is 1. The SMILES string of the molecule is CC1(C)CCCN1C(=O)Nc1ccc(-c2ccccc2F)nn1. The van der Waals surface area contributed by atoms with Gasteiger partial charge in [-0.3, -0.25) is 5.32 Å². The number of anilines is 1. The molecule has 5 nitrogen and oxygen atoms in total. The second kappa shape index (κ2) is 5.95. The third-order valence-corrected chi connectivity index (χ3v) is 4.20. The van der Waals surface area contributed by atoms with E-state index in [0.29, 0.717) is 17.1 Å². The summed E-state index contributed by atoms with van der Waals surface area (Å²) in [7, 11) is 0. The highest BCUT2D eigenvalue weighted by Crippen LogP contribution is 2.28. The molecule has 1 N–H and O–H groups in total. The molecule has 0 saturated carbocycles. The summed E-state index contributed by atoms with van der Waals surface area (Å²) in [5.41, 5.74) is 0.672. The molecule has 0 bridgehead atoms. The van der Waals surface area contributed by atoms with Crippen LogP contribution < -0.4 is 5.32 Å². The number of amides is 2. The Labute approximate surface area is 134 Å². The van der Waals surface area contributed by atoms with Crippen LogP contribution in [-0.2, 0) is 0 Å². The van der Waals surface area contributed by atoms with Crippen molar-refractivity contribution in [2.75, 3.05) is 11.9 Å². The first-order chi connectivity index (χ1) is 11.0. The molecule has 23 heavy (non-hydrogen) atoms. The van der Waals surface area contributed by atoms with Gasteiger partial charge in [0.2, 0.25) is 0 Å². The number of carbonyl (C=O) groups is 1. The number of nitrogens with one attached hydrogen (secondary N) is 1. The minimum atomic E-state index is -0.350. The van der Waals surface area contributed by atoms with Crippen LogP contribution in [0.3, 0.4) is 0 Å². The van der Waals surface area contributed by atoms with E-state index < -0.39 is 0 Å². The third-order valence-electron chi connectivity index (χ3n) is 4.20. The fourth-order valence-corrected chi connectivity index (χ4v) is 2.87. The third kappa shape index (κ3) is 3.16. The van der Waals surface area contributed by atoms with E-state index in [0.717, 1.165) is 19.4 Å². The summed E-state index contributed by atoms with van der Waals surface area (Å²) in [6, 6.07) is 9.49. The van der Waals surface area contributed by atoms with E-state index in [9.17, 15) is 9.18 Å². The summed E-state index contributed by atoms with van der Waals surface area (Å²) >= 11 is 0. The minimum Gasteiger partial charge on any atom is -0.319 e. The molecule has 120 valence electrons. The zero-order valence-corrected chi connectivity index (χ0v) is 13.2. The highest BCUT2D eigenvalue weighted by Gasteiger charge is 2.35. The highest BCUT2D eigenvalue weighted by atomic mass is 19.1. The quantitative estimate of drug-likeness (QED) is 0.919. The Morgan fingerprint density at radius 1 is 1.22 bits per heavy atom. The fraction of sp³-hybridized carbons (Fsp3) is 0.353. The van der Waals surface area contributed by atoms with E-state index in [1.807, 2.05) is 13.8 Å². The fourth-order valence-electron chi connectivity index (χ4n) is 2.87. The van der Waals surface area contributed by atoms with E-state index in [-0.39, 0.29) is 17.4 Å². The molecule has 0 radical (unpaired) electrons. The van der Waals surface area contributed by atoms with Crippen LogP contribution >= 0.6 is 0 Å². The Morgan fingerprint density at radius 2 is 2.00 bits per heavy atom. The number of hydrogen-bond acceptors (Lipinski definition) is 3. The van der Waals surface area contributed by atoms with Gasteiger partial charge in [-0.05, 0) is 51.0 Å². The standard InChI is InChI=1S/C17H19FN4O/c1-17(2)10-5-11-22(17)16(23)19-15-9-8-14(20-21-15)12-6-3-4-7-13(12)18/h3-4,6-9H,5,10-11H2,1-2H3,(H,19,21,23). The van der Waals surface area contributed by atoms with Gasteiger partial charge in [-0.1, -0.05) is 12.1 Å². The molecule has 1 fully saturated rings. The lowest BCUT2D eigenvalue weighted by Gasteiger charge is -2.31. The van der Waals surface area contributed by atoms with Gasteiger partial charge < -0.3 is 4.90 Å². The van der Waals surface area contributed by atoms with Crippen LogP contribution in [0, 0.1) is 5.82 Å². The normalized spacial score (nSPS) is 16.4. The van der Waals surface area contributed by atoms with E-state index in [4.69, 9.17) is 0 Å². The Morgan fingerprint density at radius 3 is 2.61 bits per heavy atom. The lowest BCUT2D eigenvalue weighted by atomic mass is 10.0. The van der Waals surface area contributed by atoms with E-state index >= 15 is 0 Å². The molecule has 0 aliphatic carbocycles. The van der Waals surface area contributed by atoms with Crippen molar-refractivity contribution in [2.45, 2.75) is 32.2 Å². The molecule has 1 aliphatic rings. The lowest BCUT2D eigenvalue weighted by Crippen LogP contribution is -2.45. The molecule has 3 rings (SSSR count). The van der Waals surface area contributed by atoms with E-state index in [2.05, 4.69) is 15.5 Å². The monoisotopic (exact) mass is 314 g/mol. The summed E-state index contributed by atoms with van der Waals surface area (Å²) in [5.74, 6) is 0.00944. The van der Waals surface area contributed by atoms with Crippen LogP contribution in [0.25, 0.3) is 11.3 Å². The number of rotatable bonds is 2. The molecule has 1 aliphatic heterocycles. The lowest BCUT2D eigenvalue weighted by molar-refractivity contribution is 0.178. The van der Waals surface area contributed by atoms with Gasteiger partial charge in [0, 0.05) is 17.6 Å². The van der Waals surface area contributed by atoms with Crippen LogP contribution in [0.5, 0.6) is 0 Å². The van der Waals surface area contributed by atoms with Crippen LogP contribution in [0.1, 0.15) is 26.7 Å². The van der Waals surface area contributed by atoms with Gasteiger partial charge >= 0.3 is 6.03 Å². The molecule has 1 aromatic heterocycles. The van der Waals surface area contributed by atoms with Gasteiger partial charge in [0.15, 0.2) is 5.82 Å². The molecule has 1 saturated heterocycles. The number of benzene rings is 1. The maximum Gasteiger partial charge on any atom is 0.323 e. The maximum absolute atomic E-state index is 13.7. The molecule has 1 aromatic carbocycles. The zero-order chi connectivity index (χ0) is 16.4. The molecule has 2 heterocycles. The summed E-state index contributed by atoms with van der Waals surface area (Å²) in [6.45, 7) is 4.83. The first-order valence-electron chi connectivity index (χ1n) is 7.65. The molecular weight excluding hydrogens is 295 g/mol. The molecule has 2 amide bonds.